The lowest BCUT2D eigenvalue weighted by Gasteiger charge is -2.15. The smallest absolute Gasteiger partial charge is 0.255 e. The van der Waals surface area contributed by atoms with E-state index in [0.29, 0.717) is 5.56 Å². The minimum atomic E-state index is -0.162. The lowest BCUT2D eigenvalue weighted by Crippen LogP contribution is -2.29. The SMILES string of the molecule is Cc1cc(=O)[nH]cc1C(=O)N1CCCC1. The zero-order valence-electron chi connectivity index (χ0n) is 8.75. The molecular weight excluding hydrogens is 192 g/mol. The zero-order valence-corrected chi connectivity index (χ0v) is 8.75. The quantitative estimate of drug-likeness (QED) is 0.742. The first-order chi connectivity index (χ1) is 7.18. The minimum Gasteiger partial charge on any atom is -0.339 e. The summed E-state index contributed by atoms with van der Waals surface area (Å²) in [6.07, 6.45) is 3.67. The molecule has 0 bridgehead atoms. The van der Waals surface area contributed by atoms with Gasteiger partial charge >= 0.3 is 0 Å². The molecule has 0 aliphatic carbocycles. The molecule has 1 aromatic heterocycles. The second-order valence-corrected chi connectivity index (χ2v) is 3.89. The zero-order chi connectivity index (χ0) is 10.8. The van der Waals surface area contributed by atoms with Gasteiger partial charge in [0, 0.05) is 25.4 Å². The molecule has 1 fully saturated rings. The summed E-state index contributed by atoms with van der Waals surface area (Å²) in [7, 11) is 0. The van der Waals surface area contributed by atoms with Gasteiger partial charge in [0.2, 0.25) is 5.56 Å². The Hall–Kier alpha value is -1.58. The number of rotatable bonds is 1. The number of nitrogens with one attached hydrogen (secondary N) is 1. The average Bonchev–Trinajstić information content (AvgIpc) is 2.69. The highest BCUT2D eigenvalue weighted by Crippen LogP contribution is 2.13. The van der Waals surface area contributed by atoms with Gasteiger partial charge in [-0.15, -0.1) is 0 Å². The maximum absolute atomic E-state index is 12.0. The van der Waals surface area contributed by atoms with Gasteiger partial charge in [-0.3, -0.25) is 9.59 Å². The van der Waals surface area contributed by atoms with Crippen LogP contribution in [0.1, 0.15) is 28.8 Å². The molecule has 1 aliphatic rings. The Morgan fingerprint density at radius 3 is 2.67 bits per heavy atom. The van der Waals surface area contributed by atoms with E-state index in [2.05, 4.69) is 4.98 Å². The van der Waals surface area contributed by atoms with Crippen molar-refractivity contribution in [2.24, 2.45) is 0 Å². The Kier molecular flexibility index (Phi) is 2.58. The molecule has 2 heterocycles. The van der Waals surface area contributed by atoms with Crippen LogP contribution in [0.15, 0.2) is 17.1 Å². The summed E-state index contributed by atoms with van der Waals surface area (Å²) in [5.41, 5.74) is 1.19. The summed E-state index contributed by atoms with van der Waals surface area (Å²) in [4.78, 5) is 27.4. The number of pyridine rings is 1. The highest BCUT2D eigenvalue weighted by molar-refractivity contribution is 5.95. The monoisotopic (exact) mass is 206 g/mol. The highest BCUT2D eigenvalue weighted by atomic mass is 16.2. The molecule has 2 rings (SSSR count). The normalized spacial score (nSPS) is 15.7. The number of aromatic nitrogens is 1. The second kappa shape index (κ2) is 3.88. The molecule has 80 valence electrons. The first-order valence-electron chi connectivity index (χ1n) is 5.17. The lowest BCUT2D eigenvalue weighted by atomic mass is 10.1. The number of H-pyrrole nitrogens is 1. The number of carbonyl (C=O) groups is 1. The lowest BCUT2D eigenvalue weighted by molar-refractivity contribution is 0.0791. The van der Waals surface area contributed by atoms with Crippen LogP contribution in [-0.4, -0.2) is 28.9 Å². The van der Waals surface area contributed by atoms with E-state index in [0.717, 1.165) is 31.5 Å². The minimum absolute atomic E-state index is 0.0289. The summed E-state index contributed by atoms with van der Waals surface area (Å²) in [6.45, 7) is 3.45. The highest BCUT2D eigenvalue weighted by Gasteiger charge is 2.20. The van der Waals surface area contributed by atoms with Crippen molar-refractivity contribution in [3.8, 4) is 0 Å². The molecular formula is C11H14N2O2. The molecule has 4 heteroatoms. The van der Waals surface area contributed by atoms with Gasteiger partial charge < -0.3 is 9.88 Å². The number of hydrogen-bond acceptors (Lipinski definition) is 2. The Bertz CT molecular complexity index is 430. The molecule has 0 spiro atoms. The fraction of sp³-hybridized carbons (Fsp3) is 0.455. The van der Waals surface area contributed by atoms with Crippen LogP contribution in [0, 0.1) is 6.92 Å². The van der Waals surface area contributed by atoms with Crippen LogP contribution in [0.5, 0.6) is 0 Å². The number of amides is 1. The van der Waals surface area contributed by atoms with E-state index >= 15 is 0 Å². The van der Waals surface area contributed by atoms with E-state index in [-0.39, 0.29) is 11.5 Å². The summed E-state index contributed by atoms with van der Waals surface area (Å²) in [5.74, 6) is 0.0289. The van der Waals surface area contributed by atoms with Gasteiger partial charge in [-0.1, -0.05) is 0 Å². The predicted molar refractivity (Wildman–Crippen MR) is 56.9 cm³/mol. The largest absolute Gasteiger partial charge is 0.339 e. The molecule has 1 aromatic rings. The van der Waals surface area contributed by atoms with Crippen LogP contribution in [-0.2, 0) is 0 Å². The van der Waals surface area contributed by atoms with Gasteiger partial charge in [0.05, 0.1) is 5.56 Å². The van der Waals surface area contributed by atoms with Crippen LogP contribution in [0.2, 0.25) is 0 Å². The Labute approximate surface area is 87.9 Å². The molecule has 1 N–H and O–H groups in total. The summed E-state index contributed by atoms with van der Waals surface area (Å²) in [5, 5.41) is 0. The maximum atomic E-state index is 12.0. The van der Waals surface area contributed by atoms with Crippen molar-refractivity contribution in [1.82, 2.24) is 9.88 Å². The van der Waals surface area contributed by atoms with Gasteiger partial charge in [0.1, 0.15) is 0 Å². The van der Waals surface area contributed by atoms with Crippen molar-refractivity contribution in [1.29, 1.82) is 0 Å². The third-order valence-corrected chi connectivity index (χ3v) is 2.75. The molecule has 0 aromatic carbocycles. The first-order valence-corrected chi connectivity index (χ1v) is 5.17. The number of aromatic amines is 1. The number of nitrogens with zero attached hydrogens (tertiary/aromatic N) is 1. The third-order valence-electron chi connectivity index (χ3n) is 2.75. The van der Waals surface area contributed by atoms with Crippen LogP contribution in [0.3, 0.4) is 0 Å². The number of aryl methyl sites for hydroxylation is 1. The standard InChI is InChI=1S/C11H14N2O2/c1-8-6-10(14)12-7-9(8)11(15)13-4-2-3-5-13/h6-7H,2-5H2,1H3,(H,12,14). The topological polar surface area (TPSA) is 53.2 Å². The predicted octanol–water partition coefficient (Wildman–Crippen LogP) is 0.919. The summed E-state index contributed by atoms with van der Waals surface area (Å²) >= 11 is 0. The molecule has 1 aliphatic heterocycles. The Morgan fingerprint density at radius 2 is 2.07 bits per heavy atom. The molecule has 1 saturated heterocycles. The third kappa shape index (κ3) is 1.93. The fourth-order valence-electron chi connectivity index (χ4n) is 1.89. The van der Waals surface area contributed by atoms with Crippen molar-refractivity contribution in [3.63, 3.8) is 0 Å². The van der Waals surface area contributed by atoms with E-state index in [4.69, 9.17) is 0 Å². The van der Waals surface area contributed by atoms with E-state index in [1.54, 1.807) is 6.92 Å². The number of carbonyl (C=O) groups excluding carboxylic acids is 1. The van der Waals surface area contributed by atoms with Gasteiger partial charge in [-0.2, -0.15) is 0 Å². The van der Waals surface area contributed by atoms with Crippen molar-refractivity contribution < 1.29 is 4.79 Å². The van der Waals surface area contributed by atoms with Gasteiger partial charge in [-0.25, -0.2) is 0 Å². The van der Waals surface area contributed by atoms with E-state index in [1.807, 2.05) is 4.90 Å². The van der Waals surface area contributed by atoms with Crippen molar-refractivity contribution in [3.05, 3.63) is 33.7 Å². The molecule has 0 atom stereocenters. The van der Waals surface area contributed by atoms with Crippen LogP contribution < -0.4 is 5.56 Å². The van der Waals surface area contributed by atoms with Gasteiger partial charge in [-0.05, 0) is 25.3 Å². The fourth-order valence-corrected chi connectivity index (χ4v) is 1.89. The van der Waals surface area contributed by atoms with Crippen molar-refractivity contribution in [2.75, 3.05) is 13.1 Å². The number of hydrogen-bond donors (Lipinski definition) is 1. The van der Waals surface area contributed by atoms with E-state index in [9.17, 15) is 9.59 Å². The van der Waals surface area contributed by atoms with E-state index in [1.165, 1.54) is 12.3 Å². The second-order valence-electron chi connectivity index (χ2n) is 3.89. The average molecular weight is 206 g/mol. The summed E-state index contributed by atoms with van der Waals surface area (Å²) in [6, 6.07) is 1.46. The van der Waals surface area contributed by atoms with Gasteiger partial charge in [0.25, 0.3) is 5.91 Å². The first kappa shape index (κ1) is 9.96. The molecule has 0 unspecified atom stereocenters. The molecule has 0 saturated carbocycles. The van der Waals surface area contributed by atoms with E-state index < -0.39 is 0 Å². The Morgan fingerprint density at radius 1 is 1.40 bits per heavy atom. The maximum Gasteiger partial charge on any atom is 0.255 e. The van der Waals surface area contributed by atoms with Crippen LogP contribution >= 0.6 is 0 Å². The molecule has 4 nitrogen and oxygen atoms in total. The van der Waals surface area contributed by atoms with Crippen molar-refractivity contribution >= 4 is 5.91 Å². The van der Waals surface area contributed by atoms with Gasteiger partial charge in [0.15, 0.2) is 0 Å². The molecule has 0 radical (unpaired) electrons. The van der Waals surface area contributed by atoms with Crippen LogP contribution in [0.4, 0.5) is 0 Å². The molecule has 15 heavy (non-hydrogen) atoms. The number of likely N-dealkylation sites (tertiary alicyclic amines) is 1. The van der Waals surface area contributed by atoms with Crippen molar-refractivity contribution in [2.45, 2.75) is 19.8 Å². The Balaban J connectivity index is 2.28. The molecule has 1 amide bonds. The summed E-state index contributed by atoms with van der Waals surface area (Å²) < 4.78 is 0. The van der Waals surface area contributed by atoms with Crippen LogP contribution in [0.25, 0.3) is 0 Å².